The first kappa shape index (κ1) is 15.1. The molecule has 0 saturated carbocycles. The van der Waals surface area contributed by atoms with Gasteiger partial charge in [-0.15, -0.1) is 0 Å². The smallest absolute Gasteiger partial charge is 0.120 e. The van der Waals surface area contributed by atoms with Crippen molar-refractivity contribution in [2.75, 3.05) is 0 Å². The SMILES string of the molecule is CC(C)NCc1cccc(OCc2cccc(Br)c2)c1. The van der Waals surface area contributed by atoms with E-state index in [9.17, 15) is 0 Å². The van der Waals surface area contributed by atoms with Gasteiger partial charge in [0.2, 0.25) is 0 Å². The third-order valence-electron chi connectivity index (χ3n) is 2.91. The largest absolute Gasteiger partial charge is 0.489 e. The molecule has 3 heteroatoms. The summed E-state index contributed by atoms with van der Waals surface area (Å²) in [5, 5.41) is 3.41. The molecule has 0 fully saturated rings. The lowest BCUT2D eigenvalue weighted by atomic mass is 10.2. The molecule has 2 nitrogen and oxygen atoms in total. The molecular weight excluding hydrogens is 314 g/mol. The van der Waals surface area contributed by atoms with Crippen LogP contribution in [0, 0.1) is 0 Å². The van der Waals surface area contributed by atoms with Gasteiger partial charge in [-0.05, 0) is 35.4 Å². The topological polar surface area (TPSA) is 21.3 Å². The van der Waals surface area contributed by atoms with Gasteiger partial charge in [0.1, 0.15) is 12.4 Å². The van der Waals surface area contributed by atoms with Crippen LogP contribution in [-0.4, -0.2) is 6.04 Å². The first-order chi connectivity index (χ1) is 9.63. The van der Waals surface area contributed by atoms with E-state index in [2.05, 4.69) is 59.4 Å². The molecule has 0 unspecified atom stereocenters. The number of rotatable bonds is 6. The quantitative estimate of drug-likeness (QED) is 0.838. The van der Waals surface area contributed by atoms with Gasteiger partial charge < -0.3 is 10.1 Å². The fourth-order valence-electron chi connectivity index (χ4n) is 1.86. The summed E-state index contributed by atoms with van der Waals surface area (Å²) in [5.74, 6) is 0.910. The number of ether oxygens (including phenoxy) is 1. The minimum Gasteiger partial charge on any atom is -0.489 e. The molecule has 0 saturated heterocycles. The van der Waals surface area contributed by atoms with Crippen molar-refractivity contribution in [3.8, 4) is 5.75 Å². The molecule has 2 aromatic carbocycles. The zero-order chi connectivity index (χ0) is 14.4. The predicted octanol–water partition coefficient (Wildman–Crippen LogP) is 4.53. The van der Waals surface area contributed by atoms with Crippen LogP contribution >= 0.6 is 15.9 Å². The van der Waals surface area contributed by atoms with E-state index in [-0.39, 0.29) is 0 Å². The van der Waals surface area contributed by atoms with Gasteiger partial charge in [0.05, 0.1) is 0 Å². The monoisotopic (exact) mass is 333 g/mol. The maximum Gasteiger partial charge on any atom is 0.120 e. The lowest BCUT2D eigenvalue weighted by Gasteiger charge is -2.10. The highest BCUT2D eigenvalue weighted by Crippen LogP contribution is 2.17. The second-order valence-corrected chi connectivity index (χ2v) is 6.02. The summed E-state index contributed by atoms with van der Waals surface area (Å²) in [5.41, 5.74) is 2.40. The molecule has 0 bridgehead atoms. The minimum atomic E-state index is 0.487. The Morgan fingerprint density at radius 3 is 2.55 bits per heavy atom. The summed E-state index contributed by atoms with van der Waals surface area (Å²) >= 11 is 3.47. The molecule has 0 heterocycles. The van der Waals surface area contributed by atoms with Gasteiger partial charge in [-0.2, -0.15) is 0 Å². The van der Waals surface area contributed by atoms with Crippen LogP contribution < -0.4 is 10.1 Å². The molecule has 2 aromatic rings. The van der Waals surface area contributed by atoms with Gasteiger partial charge in [0, 0.05) is 17.1 Å². The van der Waals surface area contributed by atoms with Crippen molar-refractivity contribution in [1.82, 2.24) is 5.32 Å². The highest BCUT2D eigenvalue weighted by atomic mass is 79.9. The third kappa shape index (κ3) is 4.99. The average molecular weight is 334 g/mol. The van der Waals surface area contributed by atoms with Crippen LogP contribution in [0.5, 0.6) is 5.75 Å². The molecule has 0 aliphatic heterocycles. The zero-order valence-corrected chi connectivity index (χ0v) is 13.5. The Balaban J connectivity index is 1.94. The molecule has 0 atom stereocenters. The van der Waals surface area contributed by atoms with Crippen LogP contribution in [0.15, 0.2) is 53.0 Å². The van der Waals surface area contributed by atoms with Gasteiger partial charge >= 0.3 is 0 Å². The molecule has 0 amide bonds. The number of benzene rings is 2. The van der Waals surface area contributed by atoms with Gasteiger partial charge in [-0.25, -0.2) is 0 Å². The van der Waals surface area contributed by atoms with Crippen molar-refractivity contribution >= 4 is 15.9 Å². The van der Waals surface area contributed by atoms with Crippen molar-refractivity contribution in [3.63, 3.8) is 0 Å². The molecule has 0 aliphatic rings. The van der Waals surface area contributed by atoms with Crippen molar-refractivity contribution in [2.24, 2.45) is 0 Å². The van der Waals surface area contributed by atoms with Crippen LogP contribution in [-0.2, 0) is 13.2 Å². The van der Waals surface area contributed by atoms with Crippen LogP contribution in [0.1, 0.15) is 25.0 Å². The van der Waals surface area contributed by atoms with E-state index >= 15 is 0 Å². The molecule has 1 N–H and O–H groups in total. The van der Waals surface area contributed by atoms with Crippen molar-refractivity contribution in [1.29, 1.82) is 0 Å². The minimum absolute atomic E-state index is 0.487. The summed E-state index contributed by atoms with van der Waals surface area (Å²) < 4.78 is 6.92. The van der Waals surface area contributed by atoms with Gasteiger partial charge in [-0.1, -0.05) is 54.0 Å². The Hall–Kier alpha value is -1.32. The lowest BCUT2D eigenvalue weighted by molar-refractivity contribution is 0.305. The summed E-state index contributed by atoms with van der Waals surface area (Å²) in [6.07, 6.45) is 0. The van der Waals surface area contributed by atoms with E-state index < -0.39 is 0 Å². The highest BCUT2D eigenvalue weighted by Gasteiger charge is 2.00. The second kappa shape index (κ2) is 7.46. The number of halogens is 1. The van der Waals surface area contributed by atoms with E-state index in [1.807, 2.05) is 24.3 Å². The van der Waals surface area contributed by atoms with Crippen LogP contribution in [0.3, 0.4) is 0 Å². The average Bonchev–Trinajstić information content (AvgIpc) is 2.43. The summed E-state index contributed by atoms with van der Waals surface area (Å²) in [6.45, 7) is 5.74. The van der Waals surface area contributed by atoms with Gasteiger partial charge in [0.15, 0.2) is 0 Å². The molecule has 0 spiro atoms. The molecule has 106 valence electrons. The number of hydrogen-bond acceptors (Lipinski definition) is 2. The summed E-state index contributed by atoms with van der Waals surface area (Å²) in [6, 6.07) is 16.9. The van der Waals surface area contributed by atoms with Crippen molar-refractivity contribution in [3.05, 3.63) is 64.1 Å². The Labute approximate surface area is 129 Å². The lowest BCUT2D eigenvalue weighted by Crippen LogP contribution is -2.21. The van der Waals surface area contributed by atoms with Gasteiger partial charge in [-0.3, -0.25) is 0 Å². The van der Waals surface area contributed by atoms with E-state index in [0.717, 1.165) is 22.3 Å². The summed E-state index contributed by atoms with van der Waals surface area (Å²) in [4.78, 5) is 0. The van der Waals surface area contributed by atoms with Crippen molar-refractivity contribution in [2.45, 2.75) is 33.0 Å². The van der Waals surface area contributed by atoms with E-state index in [1.54, 1.807) is 0 Å². The normalized spacial score (nSPS) is 10.8. The Morgan fingerprint density at radius 1 is 1.05 bits per heavy atom. The van der Waals surface area contributed by atoms with Crippen LogP contribution in [0.4, 0.5) is 0 Å². The van der Waals surface area contributed by atoms with E-state index in [4.69, 9.17) is 4.74 Å². The molecular formula is C17H20BrNO. The Morgan fingerprint density at radius 2 is 1.80 bits per heavy atom. The molecule has 20 heavy (non-hydrogen) atoms. The molecule has 0 radical (unpaired) electrons. The number of nitrogens with one attached hydrogen (secondary N) is 1. The molecule has 0 aliphatic carbocycles. The van der Waals surface area contributed by atoms with Gasteiger partial charge in [0.25, 0.3) is 0 Å². The van der Waals surface area contributed by atoms with E-state index in [0.29, 0.717) is 12.6 Å². The first-order valence-corrected chi connectivity index (χ1v) is 7.62. The number of hydrogen-bond donors (Lipinski definition) is 1. The Bertz CT molecular complexity index is 554. The summed E-state index contributed by atoms with van der Waals surface area (Å²) in [7, 11) is 0. The van der Waals surface area contributed by atoms with Crippen molar-refractivity contribution < 1.29 is 4.74 Å². The third-order valence-corrected chi connectivity index (χ3v) is 3.40. The fraction of sp³-hybridized carbons (Fsp3) is 0.294. The van der Waals surface area contributed by atoms with Crippen LogP contribution in [0.25, 0.3) is 0 Å². The zero-order valence-electron chi connectivity index (χ0n) is 11.9. The maximum absolute atomic E-state index is 5.85. The second-order valence-electron chi connectivity index (χ2n) is 5.10. The van der Waals surface area contributed by atoms with Crippen LogP contribution in [0.2, 0.25) is 0 Å². The van der Waals surface area contributed by atoms with E-state index in [1.165, 1.54) is 5.56 Å². The first-order valence-electron chi connectivity index (χ1n) is 6.83. The molecule has 0 aromatic heterocycles. The molecule has 2 rings (SSSR count). The standard InChI is InChI=1S/C17H20BrNO/c1-13(2)19-11-14-5-4-8-17(10-14)20-12-15-6-3-7-16(18)9-15/h3-10,13,19H,11-12H2,1-2H3. The predicted molar refractivity (Wildman–Crippen MR) is 86.9 cm³/mol. The highest BCUT2D eigenvalue weighted by molar-refractivity contribution is 9.10. The Kier molecular flexibility index (Phi) is 5.62. The maximum atomic E-state index is 5.85. The fourth-order valence-corrected chi connectivity index (χ4v) is 2.31.